The number of hydrogen-bond donors (Lipinski definition) is 2. The van der Waals surface area contributed by atoms with E-state index in [2.05, 4.69) is 13.8 Å². The molecule has 0 bridgehead atoms. The van der Waals surface area contributed by atoms with Crippen LogP contribution in [0.15, 0.2) is 12.1 Å². The molecular weight excluding hydrogens is 127 g/mol. The predicted octanol–water partition coefficient (Wildman–Crippen LogP) is 0.991. The summed E-state index contributed by atoms with van der Waals surface area (Å²) in [5.41, 5.74) is 0. The molecule has 58 valence electrons. The highest BCUT2D eigenvalue weighted by Crippen LogP contribution is 2.03. The summed E-state index contributed by atoms with van der Waals surface area (Å²) in [6.45, 7) is 4.28. The summed E-state index contributed by atoms with van der Waals surface area (Å²) in [6.07, 6.45) is 3.82. The Morgan fingerprint density at radius 1 is 1.40 bits per heavy atom. The van der Waals surface area contributed by atoms with Gasteiger partial charge in [0.15, 0.2) is 0 Å². The van der Waals surface area contributed by atoms with Crippen molar-refractivity contribution >= 4 is 7.12 Å². The minimum absolute atomic E-state index is 0.681. The molecule has 0 heterocycles. The third kappa shape index (κ3) is 7.72. The van der Waals surface area contributed by atoms with Crippen molar-refractivity contribution in [3.8, 4) is 0 Å². The Balaban J connectivity index is 3.19. The largest absolute Gasteiger partial charge is 0.480 e. The first-order chi connectivity index (χ1) is 4.63. The number of hydrogen-bond acceptors (Lipinski definition) is 2. The van der Waals surface area contributed by atoms with E-state index in [0.29, 0.717) is 5.92 Å². The smallest absolute Gasteiger partial charge is 0.424 e. The maximum Gasteiger partial charge on any atom is 0.480 e. The molecular formula is C7H15BO2. The van der Waals surface area contributed by atoms with E-state index in [1.807, 2.05) is 0 Å². The van der Waals surface area contributed by atoms with Gasteiger partial charge in [0.25, 0.3) is 0 Å². The Morgan fingerprint density at radius 2 is 2.00 bits per heavy atom. The Labute approximate surface area is 62.7 Å². The molecule has 2 N–H and O–H groups in total. The minimum Gasteiger partial charge on any atom is -0.424 e. The molecule has 0 radical (unpaired) electrons. The Kier molecular flexibility index (Phi) is 5.35. The van der Waals surface area contributed by atoms with Crippen molar-refractivity contribution in [3.63, 3.8) is 0 Å². The first-order valence-corrected chi connectivity index (χ1v) is 3.65. The van der Waals surface area contributed by atoms with Crippen molar-refractivity contribution in [1.29, 1.82) is 0 Å². The maximum absolute atomic E-state index is 8.39. The molecule has 10 heavy (non-hydrogen) atoms. The summed E-state index contributed by atoms with van der Waals surface area (Å²) in [4.78, 5) is 0. The highest BCUT2D eigenvalue weighted by molar-refractivity contribution is 6.47. The van der Waals surface area contributed by atoms with Gasteiger partial charge in [0.2, 0.25) is 0 Å². The van der Waals surface area contributed by atoms with E-state index in [4.69, 9.17) is 10.0 Å². The van der Waals surface area contributed by atoms with Crippen LogP contribution in [0.25, 0.3) is 0 Å². The van der Waals surface area contributed by atoms with Crippen LogP contribution in [0.1, 0.15) is 26.7 Å². The van der Waals surface area contributed by atoms with E-state index in [9.17, 15) is 0 Å². The molecule has 3 heteroatoms. The summed E-state index contributed by atoms with van der Waals surface area (Å²) >= 11 is 0. The van der Waals surface area contributed by atoms with E-state index in [-0.39, 0.29) is 0 Å². The number of allylic oxidation sites excluding steroid dienone is 1. The van der Waals surface area contributed by atoms with Crippen molar-refractivity contribution < 1.29 is 10.0 Å². The zero-order valence-electron chi connectivity index (χ0n) is 6.62. The fourth-order valence-corrected chi connectivity index (χ4v) is 0.647. The van der Waals surface area contributed by atoms with Crippen LogP contribution in [0.3, 0.4) is 0 Å². The SMILES string of the molecule is CC(C)CC/C=C\B(O)O. The average Bonchev–Trinajstić information content (AvgIpc) is 1.79. The summed E-state index contributed by atoms with van der Waals surface area (Å²) in [7, 11) is -1.29. The molecule has 0 fully saturated rings. The monoisotopic (exact) mass is 142 g/mol. The van der Waals surface area contributed by atoms with E-state index in [1.165, 1.54) is 5.98 Å². The molecule has 0 saturated heterocycles. The zero-order chi connectivity index (χ0) is 7.98. The highest BCUT2D eigenvalue weighted by Gasteiger charge is 1.97. The molecule has 0 aromatic carbocycles. The van der Waals surface area contributed by atoms with Crippen LogP contribution >= 0.6 is 0 Å². The van der Waals surface area contributed by atoms with Crippen molar-refractivity contribution in [2.24, 2.45) is 5.92 Å². The normalized spacial score (nSPS) is 11.3. The molecule has 0 atom stereocenters. The Hall–Kier alpha value is -0.275. The van der Waals surface area contributed by atoms with Gasteiger partial charge in [-0.05, 0) is 18.8 Å². The zero-order valence-corrected chi connectivity index (χ0v) is 6.62. The topological polar surface area (TPSA) is 40.5 Å². The quantitative estimate of drug-likeness (QED) is 0.574. The van der Waals surface area contributed by atoms with Crippen LogP contribution in [0.2, 0.25) is 0 Å². The Bertz CT molecular complexity index is 99.8. The van der Waals surface area contributed by atoms with Gasteiger partial charge in [-0.25, -0.2) is 0 Å². The van der Waals surface area contributed by atoms with Crippen molar-refractivity contribution in [1.82, 2.24) is 0 Å². The second kappa shape index (κ2) is 5.51. The molecule has 0 aliphatic rings. The van der Waals surface area contributed by atoms with Gasteiger partial charge in [0, 0.05) is 0 Å². The van der Waals surface area contributed by atoms with Gasteiger partial charge < -0.3 is 10.0 Å². The van der Waals surface area contributed by atoms with Gasteiger partial charge in [-0.3, -0.25) is 0 Å². The van der Waals surface area contributed by atoms with Crippen LogP contribution in [-0.2, 0) is 0 Å². The first kappa shape index (κ1) is 9.72. The molecule has 2 nitrogen and oxygen atoms in total. The minimum atomic E-state index is -1.29. The predicted molar refractivity (Wildman–Crippen MR) is 43.4 cm³/mol. The Morgan fingerprint density at radius 3 is 2.40 bits per heavy atom. The van der Waals surface area contributed by atoms with Crippen LogP contribution in [0.5, 0.6) is 0 Å². The highest BCUT2D eigenvalue weighted by atomic mass is 16.4. The van der Waals surface area contributed by atoms with Gasteiger partial charge in [0.1, 0.15) is 0 Å². The van der Waals surface area contributed by atoms with Crippen molar-refractivity contribution in [2.75, 3.05) is 0 Å². The fourth-order valence-electron chi connectivity index (χ4n) is 0.647. The molecule has 0 amide bonds. The van der Waals surface area contributed by atoms with Crippen molar-refractivity contribution in [3.05, 3.63) is 12.1 Å². The maximum atomic E-state index is 8.39. The van der Waals surface area contributed by atoms with Crippen LogP contribution in [0.4, 0.5) is 0 Å². The summed E-state index contributed by atoms with van der Waals surface area (Å²) in [5, 5.41) is 16.8. The molecule has 0 spiro atoms. The fraction of sp³-hybridized carbons (Fsp3) is 0.714. The van der Waals surface area contributed by atoms with E-state index < -0.39 is 7.12 Å². The lowest BCUT2D eigenvalue weighted by Gasteiger charge is -1.98. The van der Waals surface area contributed by atoms with Gasteiger partial charge >= 0.3 is 7.12 Å². The lowest BCUT2D eigenvalue weighted by atomic mass is 9.91. The van der Waals surface area contributed by atoms with Gasteiger partial charge in [0.05, 0.1) is 0 Å². The second-order valence-electron chi connectivity index (χ2n) is 2.81. The molecule has 0 rings (SSSR count). The summed E-state index contributed by atoms with van der Waals surface area (Å²) in [6, 6.07) is 0. The standard InChI is InChI=1S/C7H15BO2/c1-7(2)5-3-4-6-8(9)10/h4,6-7,9-10H,3,5H2,1-2H3/b6-4-. The summed E-state index contributed by atoms with van der Waals surface area (Å²) < 4.78 is 0. The molecule has 0 aromatic heterocycles. The lowest BCUT2D eigenvalue weighted by Crippen LogP contribution is -2.05. The third-order valence-corrected chi connectivity index (χ3v) is 1.22. The van der Waals surface area contributed by atoms with Gasteiger partial charge in [-0.15, -0.1) is 0 Å². The van der Waals surface area contributed by atoms with Crippen molar-refractivity contribution in [2.45, 2.75) is 26.7 Å². The van der Waals surface area contributed by atoms with Crippen LogP contribution in [-0.4, -0.2) is 17.2 Å². The van der Waals surface area contributed by atoms with Crippen LogP contribution < -0.4 is 0 Å². The molecule has 0 aliphatic heterocycles. The molecule has 0 saturated carbocycles. The van der Waals surface area contributed by atoms with Gasteiger partial charge in [-0.1, -0.05) is 25.9 Å². The summed E-state index contributed by atoms with van der Waals surface area (Å²) in [5.74, 6) is 2.07. The number of rotatable bonds is 4. The average molecular weight is 142 g/mol. The first-order valence-electron chi connectivity index (χ1n) is 3.65. The second-order valence-corrected chi connectivity index (χ2v) is 2.81. The van der Waals surface area contributed by atoms with E-state index >= 15 is 0 Å². The third-order valence-electron chi connectivity index (χ3n) is 1.22. The molecule has 0 aromatic rings. The van der Waals surface area contributed by atoms with Gasteiger partial charge in [-0.2, -0.15) is 0 Å². The molecule has 0 aliphatic carbocycles. The lowest BCUT2D eigenvalue weighted by molar-refractivity contribution is 0.424. The van der Waals surface area contributed by atoms with E-state index in [0.717, 1.165) is 12.8 Å². The van der Waals surface area contributed by atoms with E-state index in [1.54, 1.807) is 6.08 Å². The molecule has 0 unspecified atom stereocenters. The van der Waals surface area contributed by atoms with Crippen LogP contribution in [0, 0.1) is 5.92 Å².